The van der Waals surface area contributed by atoms with Gasteiger partial charge in [-0.2, -0.15) is 0 Å². The maximum atomic E-state index is 8.94. The van der Waals surface area contributed by atoms with E-state index in [0.717, 1.165) is 11.1 Å². The van der Waals surface area contributed by atoms with Gasteiger partial charge >= 0.3 is 0 Å². The van der Waals surface area contributed by atoms with E-state index in [-0.39, 0.29) is 6.61 Å². The summed E-state index contributed by atoms with van der Waals surface area (Å²) < 4.78 is 45.8. The number of hydrogen-bond donors (Lipinski definition) is 0. The van der Waals surface area contributed by atoms with Gasteiger partial charge in [0.25, 0.3) is 0 Å². The molecule has 2 aliphatic rings. The van der Waals surface area contributed by atoms with Gasteiger partial charge in [0.1, 0.15) is 24.4 Å². The molecule has 3 aromatic rings. The lowest BCUT2D eigenvalue weighted by atomic mass is 9.97. The summed E-state index contributed by atoms with van der Waals surface area (Å²) in [6, 6.07) is 29.1. The average molecular weight is 464 g/mol. The molecular formula is C28H30O6. The normalized spacial score (nSPS) is 31.4. The molecule has 34 heavy (non-hydrogen) atoms. The van der Waals surface area contributed by atoms with Crippen LogP contribution in [-0.4, -0.2) is 44.4 Å². The lowest BCUT2D eigenvalue weighted by molar-refractivity contribution is -0.369. The van der Waals surface area contributed by atoms with Crippen LogP contribution < -0.4 is 0 Å². The Labute approximate surface area is 201 Å². The van der Waals surface area contributed by atoms with Gasteiger partial charge in [-0.25, -0.2) is 0 Å². The molecule has 0 spiro atoms. The van der Waals surface area contributed by atoms with E-state index >= 15 is 0 Å². The van der Waals surface area contributed by atoms with Crippen LogP contribution in [0.15, 0.2) is 91.0 Å². The van der Waals surface area contributed by atoms with Gasteiger partial charge in [-0.3, -0.25) is 0 Å². The Morgan fingerprint density at radius 2 is 1.32 bits per heavy atom. The largest absolute Gasteiger partial charge is 0.368 e. The highest BCUT2D eigenvalue weighted by atomic mass is 16.8. The summed E-state index contributed by atoms with van der Waals surface area (Å²) in [6.45, 7) is 0.884. The number of hydrogen-bond acceptors (Lipinski definition) is 6. The highest BCUT2D eigenvalue weighted by Crippen LogP contribution is 2.37. The molecule has 0 saturated carbocycles. The first-order valence-electron chi connectivity index (χ1n) is 12.0. The second kappa shape index (κ2) is 11.2. The van der Waals surface area contributed by atoms with Crippen LogP contribution >= 0.6 is 0 Å². The van der Waals surface area contributed by atoms with E-state index in [4.69, 9.17) is 29.8 Å². The third-order valence-corrected chi connectivity index (χ3v) is 6.03. The summed E-state index contributed by atoms with van der Waals surface area (Å²) >= 11 is 0. The Kier molecular flexibility index (Phi) is 7.24. The maximum absolute atomic E-state index is 8.94. The van der Waals surface area contributed by atoms with Crippen molar-refractivity contribution in [1.82, 2.24) is 0 Å². The molecule has 0 N–H and O–H groups in total. The molecule has 178 valence electrons. The van der Waals surface area contributed by atoms with Crippen LogP contribution in [-0.2, 0) is 41.6 Å². The molecule has 5 rings (SSSR count). The number of fused-ring (bicyclic) bond motifs is 1. The molecule has 0 aromatic heterocycles. The molecule has 2 saturated heterocycles. The van der Waals surface area contributed by atoms with Gasteiger partial charge in [-0.15, -0.1) is 0 Å². The van der Waals surface area contributed by atoms with Crippen LogP contribution in [0.3, 0.4) is 0 Å². The minimum absolute atomic E-state index is 0.166. The summed E-state index contributed by atoms with van der Waals surface area (Å²) in [5.74, 6) is 0. The summed E-state index contributed by atoms with van der Waals surface area (Å²) in [5, 5.41) is 0. The molecule has 0 aliphatic carbocycles. The maximum Gasteiger partial charge on any atom is 0.186 e. The van der Waals surface area contributed by atoms with Crippen LogP contribution in [0.5, 0.6) is 0 Å². The fourth-order valence-electron chi connectivity index (χ4n) is 4.28. The monoisotopic (exact) mass is 463 g/mol. The fraction of sp³-hybridized carbons (Fsp3) is 0.357. The highest BCUT2D eigenvalue weighted by molar-refractivity contribution is 5.17. The van der Waals surface area contributed by atoms with Crippen molar-refractivity contribution in [3.8, 4) is 0 Å². The quantitative estimate of drug-likeness (QED) is 0.485. The van der Waals surface area contributed by atoms with Gasteiger partial charge in [0, 0.05) is 12.7 Å². The lowest BCUT2D eigenvalue weighted by Gasteiger charge is -2.48. The predicted molar refractivity (Wildman–Crippen MR) is 126 cm³/mol. The Hall–Kier alpha value is -2.58. The van der Waals surface area contributed by atoms with E-state index in [1.807, 2.05) is 91.0 Å². The number of methoxy groups -OCH3 is 1. The molecule has 2 fully saturated rings. The van der Waals surface area contributed by atoms with Crippen LogP contribution in [0, 0.1) is 0 Å². The van der Waals surface area contributed by atoms with Crippen LogP contribution in [0.2, 0.25) is 0 Å². The van der Waals surface area contributed by atoms with E-state index < -0.39 is 37.0 Å². The first-order chi connectivity index (χ1) is 17.2. The summed E-state index contributed by atoms with van der Waals surface area (Å²) in [4.78, 5) is 0. The first kappa shape index (κ1) is 21.9. The first-order valence-corrected chi connectivity index (χ1v) is 11.5. The van der Waals surface area contributed by atoms with Crippen molar-refractivity contribution < 1.29 is 29.8 Å². The molecule has 6 heteroatoms. The van der Waals surface area contributed by atoms with Gasteiger partial charge in [0.05, 0.1) is 21.2 Å². The minimum atomic E-state index is -1.68. The highest BCUT2D eigenvalue weighted by Gasteiger charge is 2.51. The Balaban J connectivity index is 1.42. The van der Waals surface area contributed by atoms with Crippen LogP contribution in [0.4, 0.5) is 0 Å². The second-order valence-electron chi connectivity index (χ2n) is 8.35. The second-order valence-corrected chi connectivity index (χ2v) is 8.35. The van der Waals surface area contributed by atoms with E-state index in [9.17, 15) is 0 Å². The van der Waals surface area contributed by atoms with Crippen molar-refractivity contribution in [3.05, 3.63) is 108 Å². The molecule has 6 nitrogen and oxygen atoms in total. The minimum Gasteiger partial charge on any atom is -0.368 e. The van der Waals surface area contributed by atoms with Crippen LogP contribution in [0.1, 0.15) is 24.3 Å². The number of rotatable bonds is 8. The van der Waals surface area contributed by atoms with Gasteiger partial charge < -0.3 is 28.4 Å². The van der Waals surface area contributed by atoms with Gasteiger partial charge in [-0.05, 0) is 11.1 Å². The van der Waals surface area contributed by atoms with E-state index in [2.05, 4.69) is 0 Å². The smallest absolute Gasteiger partial charge is 0.186 e. The van der Waals surface area contributed by atoms with Crippen molar-refractivity contribution in [2.45, 2.75) is 50.2 Å². The zero-order valence-corrected chi connectivity index (χ0v) is 19.1. The molecular weight excluding hydrogens is 432 g/mol. The van der Waals surface area contributed by atoms with E-state index in [1.54, 1.807) is 7.11 Å². The Morgan fingerprint density at radius 3 is 1.91 bits per heavy atom. The van der Waals surface area contributed by atoms with Crippen LogP contribution in [0.25, 0.3) is 0 Å². The summed E-state index contributed by atoms with van der Waals surface area (Å²) in [5.41, 5.74) is 2.66. The molecule has 3 aromatic carbocycles. The van der Waals surface area contributed by atoms with Gasteiger partial charge in [0.15, 0.2) is 12.6 Å². The molecule has 0 amide bonds. The average Bonchev–Trinajstić information content (AvgIpc) is 2.92. The van der Waals surface area contributed by atoms with Gasteiger partial charge in [-0.1, -0.05) is 91.0 Å². The molecule has 0 bridgehead atoms. The topological polar surface area (TPSA) is 55.4 Å². The van der Waals surface area contributed by atoms with Crippen molar-refractivity contribution in [2.24, 2.45) is 0 Å². The zero-order valence-electron chi connectivity index (χ0n) is 20.1. The number of ether oxygens (including phenoxy) is 6. The molecule has 0 unspecified atom stereocenters. The van der Waals surface area contributed by atoms with Crippen molar-refractivity contribution in [2.75, 3.05) is 13.7 Å². The lowest BCUT2D eigenvalue weighted by Crippen LogP contribution is -2.63. The predicted octanol–water partition coefficient (Wildman–Crippen LogP) is 4.64. The molecule has 0 radical (unpaired) electrons. The summed E-state index contributed by atoms with van der Waals surface area (Å²) in [7, 11) is 1.58. The molecule has 2 heterocycles. The Bertz CT molecular complexity index is 1050. The fourth-order valence-corrected chi connectivity index (χ4v) is 4.28. The SMILES string of the molecule is [2H][C@@]1(c2ccccc2)OC[C@H]2O[C@H](OC)[C@H](OCc3ccccc3)[C@@H](OCc3ccccc3)[C@@H]2O1. The molecule has 6 atom stereocenters. The van der Waals surface area contributed by atoms with Crippen molar-refractivity contribution in [1.29, 1.82) is 0 Å². The third-order valence-electron chi connectivity index (χ3n) is 6.03. The summed E-state index contributed by atoms with van der Waals surface area (Å²) in [6.07, 6.45) is -4.56. The van der Waals surface area contributed by atoms with Crippen molar-refractivity contribution in [3.63, 3.8) is 0 Å². The zero-order chi connectivity index (χ0) is 24.1. The third kappa shape index (κ3) is 5.39. The van der Waals surface area contributed by atoms with Crippen molar-refractivity contribution >= 4 is 0 Å². The molecule has 2 aliphatic heterocycles. The standard InChI is InChI=1S/C28H30O6/c1-29-28-26(31-18-21-13-7-3-8-14-21)25(30-17-20-11-5-2-6-12-20)24-23(33-28)19-32-27(34-24)22-15-9-4-10-16-22/h2-16,23-28H,17-19H2,1H3/t23-,24-,25+,26-,27-,28+/m1/s1/i27D. The van der Waals surface area contributed by atoms with E-state index in [1.165, 1.54) is 0 Å². The van der Waals surface area contributed by atoms with Gasteiger partial charge in [0.2, 0.25) is 0 Å². The number of benzene rings is 3. The Morgan fingerprint density at radius 1 is 0.765 bits per heavy atom. The van der Waals surface area contributed by atoms with E-state index in [0.29, 0.717) is 18.8 Å².